The molecule has 1 aromatic carbocycles. The van der Waals surface area contributed by atoms with Crippen LogP contribution in [0.1, 0.15) is 27.2 Å². The van der Waals surface area contributed by atoms with Crippen molar-refractivity contribution in [1.29, 1.82) is 0 Å². The second-order valence-electron chi connectivity index (χ2n) is 5.64. The highest BCUT2D eigenvalue weighted by Crippen LogP contribution is 2.25. The Morgan fingerprint density at radius 1 is 1.30 bits per heavy atom. The van der Waals surface area contributed by atoms with E-state index in [0.29, 0.717) is 29.7 Å². The first kappa shape index (κ1) is 20.7. The van der Waals surface area contributed by atoms with Gasteiger partial charge in [0.25, 0.3) is 0 Å². The van der Waals surface area contributed by atoms with Gasteiger partial charge in [0.05, 0.1) is 12.4 Å². The predicted octanol–water partition coefficient (Wildman–Crippen LogP) is 1.18. The van der Waals surface area contributed by atoms with E-state index in [1.165, 1.54) is 16.4 Å². The monoisotopic (exact) mass is 392 g/mol. The van der Waals surface area contributed by atoms with Crippen LogP contribution in [-0.2, 0) is 9.59 Å². The average Bonchev–Trinajstić information content (AvgIpc) is 3.13. The topological polar surface area (TPSA) is 111 Å². The summed E-state index contributed by atoms with van der Waals surface area (Å²) in [6.45, 7) is 6.61. The van der Waals surface area contributed by atoms with Gasteiger partial charge in [-0.2, -0.15) is 4.68 Å². The van der Waals surface area contributed by atoms with E-state index in [1.807, 2.05) is 38.1 Å². The van der Waals surface area contributed by atoms with Gasteiger partial charge in [0.15, 0.2) is 0 Å². The van der Waals surface area contributed by atoms with Crippen LogP contribution >= 0.6 is 11.8 Å². The molecule has 1 atom stereocenters. The largest absolute Gasteiger partial charge is 0.492 e. The van der Waals surface area contributed by atoms with Crippen molar-refractivity contribution in [2.24, 2.45) is 0 Å². The number of rotatable bonds is 10. The second-order valence-corrected chi connectivity index (χ2v) is 6.59. The fraction of sp³-hybridized carbons (Fsp3) is 0.471. The number of tetrazole rings is 1. The molecule has 0 fully saturated rings. The lowest BCUT2D eigenvalue weighted by Gasteiger charge is -2.13. The minimum Gasteiger partial charge on any atom is -0.492 e. The Morgan fingerprint density at radius 2 is 2.07 bits per heavy atom. The summed E-state index contributed by atoms with van der Waals surface area (Å²) in [6.07, 6.45) is 0.841. The van der Waals surface area contributed by atoms with Gasteiger partial charge in [-0.1, -0.05) is 30.8 Å². The molecular weight excluding hydrogens is 368 g/mol. The Kier molecular flexibility index (Phi) is 8.05. The zero-order valence-electron chi connectivity index (χ0n) is 15.6. The van der Waals surface area contributed by atoms with Crippen LogP contribution < -0.4 is 15.4 Å². The van der Waals surface area contributed by atoms with Gasteiger partial charge in [-0.05, 0) is 42.8 Å². The molecule has 0 radical (unpaired) electrons. The maximum atomic E-state index is 12.1. The summed E-state index contributed by atoms with van der Waals surface area (Å²) in [7, 11) is 0. The van der Waals surface area contributed by atoms with Gasteiger partial charge in [-0.15, -0.1) is 5.10 Å². The first-order valence-corrected chi connectivity index (χ1v) is 9.75. The number of hydrogen-bond donors (Lipinski definition) is 2. The maximum absolute atomic E-state index is 12.1. The van der Waals surface area contributed by atoms with Gasteiger partial charge in [-0.3, -0.25) is 9.59 Å². The summed E-state index contributed by atoms with van der Waals surface area (Å²) < 4.78 is 7.13. The number of hydrogen-bond acceptors (Lipinski definition) is 7. The standard InChI is InChI=1S/C17H24N6O3S/c1-4-10-18-16(25)12(3)19-15(24)11-27-17-20-21-22-23(17)13-8-6-7-9-14(13)26-5-2/h6-9,12H,4-5,10-11H2,1-3H3,(H,18,25)(H,19,24)/t12-/m1/s1. The fourth-order valence-corrected chi connectivity index (χ4v) is 2.90. The van der Waals surface area contributed by atoms with E-state index < -0.39 is 6.04 Å². The van der Waals surface area contributed by atoms with E-state index in [2.05, 4.69) is 26.2 Å². The predicted molar refractivity (Wildman–Crippen MR) is 102 cm³/mol. The van der Waals surface area contributed by atoms with Crippen molar-refractivity contribution in [1.82, 2.24) is 30.8 Å². The highest BCUT2D eigenvalue weighted by atomic mass is 32.2. The van der Waals surface area contributed by atoms with Crippen LogP contribution in [0.4, 0.5) is 0 Å². The van der Waals surface area contributed by atoms with Crippen LogP contribution in [0.3, 0.4) is 0 Å². The molecule has 0 bridgehead atoms. The number of amides is 2. The van der Waals surface area contributed by atoms with Crippen molar-refractivity contribution in [2.75, 3.05) is 18.9 Å². The van der Waals surface area contributed by atoms with Gasteiger partial charge in [0.2, 0.25) is 17.0 Å². The van der Waals surface area contributed by atoms with Crippen molar-refractivity contribution in [2.45, 2.75) is 38.4 Å². The van der Waals surface area contributed by atoms with Crippen LogP contribution in [0.2, 0.25) is 0 Å². The molecule has 146 valence electrons. The molecule has 1 heterocycles. The maximum Gasteiger partial charge on any atom is 0.242 e. The molecule has 2 N–H and O–H groups in total. The molecule has 1 aromatic heterocycles. The summed E-state index contributed by atoms with van der Waals surface area (Å²) in [4.78, 5) is 24.0. The van der Waals surface area contributed by atoms with E-state index in [9.17, 15) is 9.59 Å². The number of thioether (sulfide) groups is 1. The number of nitrogens with one attached hydrogen (secondary N) is 2. The molecule has 0 saturated heterocycles. The van der Waals surface area contributed by atoms with Crippen LogP contribution in [0, 0.1) is 0 Å². The third-order valence-corrected chi connectivity index (χ3v) is 4.41. The molecule has 0 unspecified atom stereocenters. The van der Waals surface area contributed by atoms with Gasteiger partial charge in [0.1, 0.15) is 17.5 Å². The van der Waals surface area contributed by atoms with Crippen molar-refractivity contribution in [3.8, 4) is 11.4 Å². The zero-order valence-corrected chi connectivity index (χ0v) is 16.5. The Balaban J connectivity index is 1.97. The summed E-state index contributed by atoms with van der Waals surface area (Å²) in [5.41, 5.74) is 0.694. The third kappa shape index (κ3) is 5.95. The molecular formula is C17H24N6O3S. The minimum atomic E-state index is -0.598. The highest BCUT2D eigenvalue weighted by Gasteiger charge is 2.18. The third-order valence-electron chi connectivity index (χ3n) is 3.49. The smallest absolute Gasteiger partial charge is 0.242 e. The highest BCUT2D eigenvalue weighted by molar-refractivity contribution is 7.99. The zero-order chi connectivity index (χ0) is 19.6. The molecule has 2 amide bonds. The summed E-state index contributed by atoms with van der Waals surface area (Å²) in [6, 6.07) is 6.80. The van der Waals surface area contributed by atoms with Gasteiger partial charge in [-0.25, -0.2) is 0 Å². The van der Waals surface area contributed by atoms with E-state index >= 15 is 0 Å². The lowest BCUT2D eigenvalue weighted by molar-refractivity contribution is -0.127. The van der Waals surface area contributed by atoms with Crippen molar-refractivity contribution in [3.63, 3.8) is 0 Å². The number of nitrogens with zero attached hydrogens (tertiary/aromatic N) is 4. The lowest BCUT2D eigenvalue weighted by Crippen LogP contribution is -2.45. The molecule has 0 spiro atoms. The normalized spacial score (nSPS) is 11.7. The molecule has 9 nitrogen and oxygen atoms in total. The lowest BCUT2D eigenvalue weighted by atomic mass is 10.3. The molecule has 0 aliphatic rings. The Labute approximate surface area is 162 Å². The van der Waals surface area contributed by atoms with Crippen LogP contribution in [-0.4, -0.2) is 57.0 Å². The minimum absolute atomic E-state index is 0.0859. The SMILES string of the molecule is CCCNC(=O)[C@@H](C)NC(=O)CSc1nnnn1-c1ccccc1OCC. The summed E-state index contributed by atoms with van der Waals surface area (Å²) >= 11 is 1.18. The molecule has 2 rings (SSSR count). The Morgan fingerprint density at radius 3 is 2.81 bits per heavy atom. The van der Waals surface area contributed by atoms with Gasteiger partial charge < -0.3 is 15.4 Å². The quantitative estimate of drug-likeness (QED) is 0.584. The summed E-state index contributed by atoms with van der Waals surface area (Å²) in [5, 5.41) is 17.5. The second kappa shape index (κ2) is 10.5. The van der Waals surface area contributed by atoms with E-state index in [1.54, 1.807) is 6.92 Å². The number of ether oxygens (including phenoxy) is 1. The summed E-state index contributed by atoms with van der Waals surface area (Å²) in [5.74, 6) is 0.264. The van der Waals surface area contributed by atoms with Crippen molar-refractivity contribution < 1.29 is 14.3 Å². The van der Waals surface area contributed by atoms with Crippen LogP contribution in [0.25, 0.3) is 5.69 Å². The molecule has 10 heteroatoms. The molecule has 0 aliphatic heterocycles. The van der Waals surface area contributed by atoms with Gasteiger partial charge in [0, 0.05) is 6.54 Å². The first-order valence-electron chi connectivity index (χ1n) is 8.77. The van der Waals surface area contributed by atoms with Crippen LogP contribution in [0.5, 0.6) is 5.75 Å². The Bertz CT molecular complexity index is 767. The molecule has 0 saturated carbocycles. The van der Waals surface area contributed by atoms with Crippen molar-refractivity contribution >= 4 is 23.6 Å². The number of carbonyl (C=O) groups is 2. The number of carbonyl (C=O) groups excluding carboxylic acids is 2. The first-order chi connectivity index (χ1) is 13.1. The van der Waals surface area contributed by atoms with E-state index in [-0.39, 0.29) is 17.6 Å². The number of aromatic nitrogens is 4. The van der Waals surface area contributed by atoms with Crippen LogP contribution in [0.15, 0.2) is 29.4 Å². The molecule has 2 aromatic rings. The number of benzene rings is 1. The fourth-order valence-electron chi connectivity index (χ4n) is 2.21. The molecule has 27 heavy (non-hydrogen) atoms. The van der Waals surface area contributed by atoms with Gasteiger partial charge >= 0.3 is 0 Å². The van der Waals surface area contributed by atoms with E-state index in [0.717, 1.165) is 6.42 Å². The van der Waals surface area contributed by atoms with E-state index in [4.69, 9.17) is 4.74 Å². The number of para-hydroxylation sites is 2. The Hall–Kier alpha value is -2.62. The molecule has 0 aliphatic carbocycles. The average molecular weight is 392 g/mol. The van der Waals surface area contributed by atoms with Crippen molar-refractivity contribution in [3.05, 3.63) is 24.3 Å².